The zero-order valence-electron chi connectivity index (χ0n) is 25.7. The van der Waals surface area contributed by atoms with E-state index in [4.69, 9.17) is 4.99 Å². The van der Waals surface area contributed by atoms with Crippen LogP contribution in [-0.4, -0.2) is 61.8 Å². The van der Waals surface area contributed by atoms with Crippen LogP contribution in [0.15, 0.2) is 70.4 Å². The summed E-state index contributed by atoms with van der Waals surface area (Å²) < 4.78 is 0. The third-order valence-corrected chi connectivity index (χ3v) is 9.82. The molecule has 3 aromatic rings. The molecule has 2 N–H and O–H groups in total. The van der Waals surface area contributed by atoms with Crippen LogP contribution in [0.25, 0.3) is 0 Å². The van der Waals surface area contributed by atoms with Gasteiger partial charge in [0.2, 0.25) is 16.9 Å². The van der Waals surface area contributed by atoms with Gasteiger partial charge in [0.05, 0.1) is 24.4 Å². The number of anilines is 3. The van der Waals surface area contributed by atoms with Crippen LogP contribution in [0.3, 0.4) is 0 Å². The van der Waals surface area contributed by atoms with Gasteiger partial charge in [0, 0.05) is 51.4 Å². The number of thioether (sulfide) groups is 1. The van der Waals surface area contributed by atoms with Gasteiger partial charge in [0.25, 0.3) is 0 Å². The molecule has 230 valence electrons. The fourth-order valence-corrected chi connectivity index (χ4v) is 7.27. The molecule has 2 atom stereocenters. The van der Waals surface area contributed by atoms with E-state index in [0.29, 0.717) is 23.1 Å². The van der Waals surface area contributed by atoms with E-state index in [1.165, 1.54) is 23.1 Å². The summed E-state index contributed by atoms with van der Waals surface area (Å²) >= 11 is 2.97. The van der Waals surface area contributed by atoms with Crippen LogP contribution in [0.2, 0.25) is 0 Å². The zero-order chi connectivity index (χ0) is 31.1. The largest absolute Gasteiger partial charge is 0.378 e. The molecule has 9 nitrogen and oxygen atoms in total. The lowest BCUT2D eigenvalue weighted by molar-refractivity contribution is -0.119. The van der Waals surface area contributed by atoms with Gasteiger partial charge in [-0.1, -0.05) is 47.8 Å². The number of hydrogen-bond donors (Lipinski definition) is 2. The molecule has 0 spiro atoms. The van der Waals surface area contributed by atoms with Crippen LogP contribution >= 0.6 is 23.1 Å². The number of nitrogens with one attached hydrogen (secondary N) is 2. The molecular formula is C33H39N7O2S2. The van der Waals surface area contributed by atoms with Crippen molar-refractivity contribution in [1.82, 2.24) is 15.5 Å². The minimum atomic E-state index is -0.101. The Hall–Kier alpha value is -3.92. The van der Waals surface area contributed by atoms with Gasteiger partial charge in [-0.05, 0) is 72.5 Å². The van der Waals surface area contributed by atoms with Crippen LogP contribution in [0.4, 0.5) is 16.5 Å². The summed E-state index contributed by atoms with van der Waals surface area (Å²) in [4.78, 5) is 34.4. The highest BCUT2D eigenvalue weighted by atomic mass is 32.2. The van der Waals surface area contributed by atoms with Crippen molar-refractivity contribution < 1.29 is 9.59 Å². The molecule has 2 aromatic carbocycles. The molecule has 1 saturated carbocycles. The predicted octanol–water partition coefficient (Wildman–Crippen LogP) is 5.63. The lowest BCUT2D eigenvalue weighted by atomic mass is 9.82. The van der Waals surface area contributed by atoms with Crippen LogP contribution in [-0.2, 0) is 22.4 Å². The molecule has 44 heavy (non-hydrogen) atoms. The zero-order valence-corrected chi connectivity index (χ0v) is 27.3. The van der Waals surface area contributed by atoms with E-state index in [0.717, 1.165) is 58.2 Å². The van der Waals surface area contributed by atoms with Crippen molar-refractivity contribution in [3.05, 3.63) is 81.5 Å². The molecule has 0 radical (unpaired) electrons. The Bertz CT molecular complexity index is 1560. The Morgan fingerprint density at radius 1 is 0.841 bits per heavy atom. The van der Waals surface area contributed by atoms with Gasteiger partial charge >= 0.3 is 0 Å². The monoisotopic (exact) mass is 629 g/mol. The number of aliphatic imine (C=N–C) groups is 1. The third kappa shape index (κ3) is 8.59. The molecule has 0 saturated heterocycles. The maximum atomic E-state index is 12.9. The number of carbonyl (C=O) groups is 2. The van der Waals surface area contributed by atoms with Gasteiger partial charge in [-0.3, -0.25) is 14.6 Å². The van der Waals surface area contributed by atoms with E-state index >= 15 is 0 Å². The van der Waals surface area contributed by atoms with E-state index in [2.05, 4.69) is 26.6 Å². The van der Waals surface area contributed by atoms with E-state index in [1.807, 2.05) is 92.6 Å². The Morgan fingerprint density at radius 3 is 2.05 bits per heavy atom. The second-order valence-corrected chi connectivity index (χ2v) is 13.6. The summed E-state index contributed by atoms with van der Waals surface area (Å²) in [5, 5.41) is 17.9. The van der Waals surface area contributed by atoms with E-state index in [9.17, 15) is 9.59 Å². The topological polar surface area (TPSA) is 103 Å². The Morgan fingerprint density at radius 2 is 1.43 bits per heavy atom. The van der Waals surface area contributed by atoms with Crippen molar-refractivity contribution >= 4 is 56.5 Å². The van der Waals surface area contributed by atoms with Gasteiger partial charge in [0.1, 0.15) is 10.0 Å². The van der Waals surface area contributed by atoms with Gasteiger partial charge < -0.3 is 20.4 Å². The highest BCUT2D eigenvalue weighted by molar-refractivity contribution is 8.17. The van der Waals surface area contributed by atoms with E-state index in [1.54, 1.807) is 0 Å². The summed E-state index contributed by atoms with van der Waals surface area (Å²) in [7, 11) is 7.98. The SMILES string of the molecule is CN(C)c1ccc(CC(=O)NC2=C=CCN=C([C@H]3CCC[C@H](c4nnc(NC(=O)Cc5ccc(N(C)C)cc5)s4)C3)S2)cc1. The smallest absolute Gasteiger partial charge is 0.230 e. The summed E-state index contributed by atoms with van der Waals surface area (Å²) in [5.41, 5.74) is 7.33. The number of carbonyl (C=O) groups excluding carboxylic acids is 2. The lowest BCUT2D eigenvalue weighted by Gasteiger charge is -2.28. The maximum absolute atomic E-state index is 12.9. The Labute approximate surface area is 267 Å². The fourth-order valence-electron chi connectivity index (χ4n) is 5.33. The first-order chi connectivity index (χ1) is 21.2. The summed E-state index contributed by atoms with van der Waals surface area (Å²) in [6, 6.07) is 16.0. The number of amides is 2. The minimum Gasteiger partial charge on any atom is -0.378 e. The molecule has 1 aliphatic carbocycles. The lowest BCUT2D eigenvalue weighted by Crippen LogP contribution is -2.25. The van der Waals surface area contributed by atoms with Crippen molar-refractivity contribution in [2.45, 2.75) is 44.4 Å². The van der Waals surface area contributed by atoms with Crippen molar-refractivity contribution in [3.63, 3.8) is 0 Å². The van der Waals surface area contributed by atoms with E-state index in [-0.39, 0.29) is 30.1 Å². The number of aromatic nitrogens is 2. The Kier molecular flexibility index (Phi) is 10.5. The molecular weight excluding hydrogens is 591 g/mol. The number of nitrogens with zero attached hydrogens (tertiary/aromatic N) is 5. The quantitative estimate of drug-likeness (QED) is 0.281. The summed E-state index contributed by atoms with van der Waals surface area (Å²) in [5.74, 6) is 0.352. The summed E-state index contributed by atoms with van der Waals surface area (Å²) in [6.07, 6.45) is 6.49. The van der Waals surface area contributed by atoms with Crippen molar-refractivity contribution in [2.75, 3.05) is 49.9 Å². The van der Waals surface area contributed by atoms with Gasteiger partial charge in [0.15, 0.2) is 0 Å². The molecule has 0 bridgehead atoms. The van der Waals surface area contributed by atoms with Crippen molar-refractivity contribution in [3.8, 4) is 0 Å². The normalized spacial score (nSPS) is 18.1. The van der Waals surface area contributed by atoms with Gasteiger partial charge in [-0.15, -0.1) is 10.2 Å². The van der Waals surface area contributed by atoms with Gasteiger partial charge in [-0.25, -0.2) is 0 Å². The molecule has 1 fully saturated rings. The highest BCUT2D eigenvalue weighted by Crippen LogP contribution is 2.41. The summed E-state index contributed by atoms with van der Waals surface area (Å²) in [6.45, 7) is 0.543. The minimum absolute atomic E-state index is 0.0669. The first kappa shape index (κ1) is 31.5. The molecule has 2 aliphatic rings. The first-order valence-electron chi connectivity index (χ1n) is 14.9. The van der Waals surface area contributed by atoms with E-state index < -0.39 is 0 Å². The van der Waals surface area contributed by atoms with Crippen molar-refractivity contribution in [2.24, 2.45) is 10.9 Å². The van der Waals surface area contributed by atoms with Crippen LogP contribution < -0.4 is 20.4 Å². The van der Waals surface area contributed by atoms with Crippen molar-refractivity contribution in [1.29, 1.82) is 0 Å². The second kappa shape index (κ2) is 14.7. The second-order valence-electron chi connectivity index (χ2n) is 11.5. The molecule has 2 amide bonds. The fraction of sp³-hybridized carbons (Fsp3) is 0.394. The first-order valence-corrected chi connectivity index (χ1v) is 16.5. The van der Waals surface area contributed by atoms with Crippen LogP contribution in [0, 0.1) is 5.92 Å². The average molecular weight is 630 g/mol. The number of rotatable bonds is 10. The highest BCUT2D eigenvalue weighted by Gasteiger charge is 2.30. The molecule has 5 rings (SSSR count). The average Bonchev–Trinajstić information content (AvgIpc) is 3.34. The number of hydrogen-bond acceptors (Lipinski definition) is 9. The molecule has 2 heterocycles. The number of benzene rings is 2. The van der Waals surface area contributed by atoms with Gasteiger partial charge in [-0.2, -0.15) is 0 Å². The molecule has 0 unspecified atom stereocenters. The predicted molar refractivity (Wildman–Crippen MR) is 182 cm³/mol. The Balaban J connectivity index is 1.13. The van der Waals surface area contributed by atoms with Crippen LogP contribution in [0.1, 0.15) is 47.7 Å². The third-order valence-electron chi connectivity index (χ3n) is 7.73. The standard InChI is InChI=1S/C33H39N7O2S2/c1-39(2)26-14-10-22(11-15-26)19-28(41)35-30-9-6-18-34-31(43-30)24-7-5-8-25(21-24)32-37-38-33(44-32)36-29(42)20-23-12-16-27(17-13-23)40(3)4/h6,10-17,24-25H,5,7-8,18-21H2,1-4H3,(H,35,41)(H,36,38,42)/t24-,25-/m0/s1. The van der Waals surface area contributed by atoms with Crippen LogP contribution in [0.5, 0.6) is 0 Å². The molecule has 11 heteroatoms. The maximum Gasteiger partial charge on any atom is 0.230 e. The molecule has 1 aliphatic heterocycles. The molecule has 1 aromatic heterocycles.